The largest absolute Gasteiger partial charge is 0.344 e. The lowest BCUT2D eigenvalue weighted by Crippen LogP contribution is -2.55. The fourth-order valence-electron chi connectivity index (χ4n) is 6.61. The van der Waals surface area contributed by atoms with E-state index in [0.29, 0.717) is 51.1 Å². The van der Waals surface area contributed by atoms with Crippen molar-refractivity contribution in [3.8, 4) is 0 Å². The number of alkyl halides is 2. The van der Waals surface area contributed by atoms with Gasteiger partial charge in [-0.1, -0.05) is 45.6 Å². The molecule has 2 aromatic rings. The van der Waals surface area contributed by atoms with Crippen molar-refractivity contribution in [1.82, 2.24) is 24.9 Å². The Hall–Kier alpha value is -3.74. The van der Waals surface area contributed by atoms with Gasteiger partial charge in [0.1, 0.15) is 11.9 Å². The first-order valence-corrected chi connectivity index (χ1v) is 17.2. The Kier molecular flexibility index (Phi) is 12.8. The number of benzene rings is 1. The average Bonchev–Trinajstić information content (AvgIpc) is 3.42. The summed E-state index contributed by atoms with van der Waals surface area (Å²) < 4.78 is 47.5. The quantitative estimate of drug-likeness (QED) is 0.286. The predicted octanol–water partition coefficient (Wildman–Crippen LogP) is 5.09. The minimum Gasteiger partial charge on any atom is -0.344 e. The van der Waals surface area contributed by atoms with Crippen LogP contribution in [0.15, 0.2) is 30.6 Å². The molecule has 13 heteroatoms. The van der Waals surface area contributed by atoms with Crippen LogP contribution in [0.1, 0.15) is 89.2 Å². The highest BCUT2D eigenvalue weighted by molar-refractivity contribution is 5.97. The molecule has 1 saturated heterocycles. The Morgan fingerprint density at radius 2 is 1.69 bits per heavy atom. The summed E-state index contributed by atoms with van der Waals surface area (Å²) in [5, 5.41) is 9.25. The number of aryl methyl sites for hydroxylation is 1. The van der Waals surface area contributed by atoms with Crippen molar-refractivity contribution >= 4 is 29.2 Å². The van der Waals surface area contributed by atoms with Crippen LogP contribution in [0.3, 0.4) is 0 Å². The number of piperazine rings is 1. The monoisotopic (exact) mass is 674 g/mol. The molecule has 2 aliphatic rings. The van der Waals surface area contributed by atoms with Crippen LogP contribution in [-0.4, -0.2) is 82.4 Å². The van der Waals surface area contributed by atoms with Crippen molar-refractivity contribution in [2.45, 2.75) is 96.6 Å². The van der Waals surface area contributed by atoms with E-state index in [-0.39, 0.29) is 29.8 Å². The van der Waals surface area contributed by atoms with Gasteiger partial charge in [0, 0.05) is 63.6 Å². The topological polar surface area (TPSA) is 117 Å². The van der Waals surface area contributed by atoms with Gasteiger partial charge in [-0.3, -0.25) is 23.9 Å². The fourth-order valence-corrected chi connectivity index (χ4v) is 6.61. The van der Waals surface area contributed by atoms with Crippen LogP contribution < -0.4 is 10.6 Å². The van der Waals surface area contributed by atoms with Crippen molar-refractivity contribution in [3.63, 3.8) is 0 Å². The highest BCUT2D eigenvalue weighted by Gasteiger charge is 2.45. The molecule has 2 N–H and O–H groups in total. The molecule has 3 amide bonds. The first kappa shape index (κ1) is 37.1. The molecule has 0 radical (unpaired) electrons. The Morgan fingerprint density at radius 1 is 1.02 bits per heavy atom. The molecule has 1 aliphatic carbocycles. The van der Waals surface area contributed by atoms with E-state index in [1.165, 1.54) is 16.8 Å². The maximum Gasteiger partial charge on any atom is 0.333 e. The number of hydrogen-bond donors (Lipinski definition) is 2. The Balaban J connectivity index is 1.53. The van der Waals surface area contributed by atoms with Gasteiger partial charge in [0.2, 0.25) is 23.5 Å². The summed E-state index contributed by atoms with van der Waals surface area (Å²) in [7, 11) is 1.97. The predicted molar refractivity (Wildman–Crippen MR) is 176 cm³/mol. The van der Waals surface area contributed by atoms with Crippen LogP contribution in [-0.2, 0) is 31.6 Å². The SMILES string of the molecule is CCC(=O)N[C@@H](C(=O)N1CCN(C)CC1)[C@@H](C)c1ccc(NC(=O)[C@@H](CC(=O)C(F)(F)c2cnn(CC)c2)C2CCCCCC2)c(F)c1. The second-order valence-corrected chi connectivity index (χ2v) is 13.2. The molecular weight excluding hydrogens is 625 g/mol. The zero-order chi connectivity index (χ0) is 35.0. The second-order valence-electron chi connectivity index (χ2n) is 13.2. The molecule has 2 heterocycles. The number of nitrogens with one attached hydrogen (secondary N) is 2. The average molecular weight is 675 g/mol. The van der Waals surface area contributed by atoms with E-state index in [1.807, 2.05) is 7.05 Å². The lowest BCUT2D eigenvalue weighted by molar-refractivity contribution is -0.147. The van der Waals surface area contributed by atoms with Gasteiger partial charge in [-0.05, 0) is 50.4 Å². The lowest BCUT2D eigenvalue weighted by atomic mass is 9.81. The molecule has 0 bridgehead atoms. The molecule has 0 spiro atoms. The van der Waals surface area contributed by atoms with E-state index in [2.05, 4.69) is 20.6 Å². The third-order valence-corrected chi connectivity index (χ3v) is 9.88. The van der Waals surface area contributed by atoms with Gasteiger partial charge in [0.15, 0.2) is 0 Å². The van der Waals surface area contributed by atoms with E-state index in [1.54, 1.807) is 31.7 Å². The van der Waals surface area contributed by atoms with Crippen molar-refractivity contribution in [2.24, 2.45) is 11.8 Å². The van der Waals surface area contributed by atoms with Crippen LogP contribution in [0.4, 0.5) is 18.9 Å². The third kappa shape index (κ3) is 9.03. The number of carbonyl (C=O) groups excluding carboxylic acids is 4. The van der Waals surface area contributed by atoms with Gasteiger partial charge in [0.25, 0.3) is 0 Å². The highest BCUT2D eigenvalue weighted by atomic mass is 19.3. The molecule has 264 valence electrons. The van der Waals surface area contributed by atoms with E-state index < -0.39 is 53.3 Å². The van der Waals surface area contributed by atoms with Crippen LogP contribution in [0.5, 0.6) is 0 Å². The zero-order valence-corrected chi connectivity index (χ0v) is 28.4. The van der Waals surface area contributed by atoms with Gasteiger partial charge >= 0.3 is 5.92 Å². The fraction of sp³-hybridized carbons (Fsp3) is 0.629. The first-order chi connectivity index (χ1) is 22.8. The van der Waals surface area contributed by atoms with Gasteiger partial charge < -0.3 is 20.4 Å². The summed E-state index contributed by atoms with van der Waals surface area (Å²) in [5.41, 5.74) is -0.237. The number of carbonyl (C=O) groups is 4. The number of halogens is 3. The van der Waals surface area contributed by atoms with E-state index in [0.717, 1.165) is 38.1 Å². The highest BCUT2D eigenvalue weighted by Crippen LogP contribution is 2.37. The molecule has 1 aromatic heterocycles. The van der Waals surface area contributed by atoms with Crippen LogP contribution >= 0.6 is 0 Å². The standard InChI is InChI=1S/C35H49F3N6O4/c1-5-31(46)41-32(34(48)43-17-15-42(4)16-18-43)23(3)25-13-14-29(28(36)19-25)40-33(47)27(24-11-9-7-8-10-12-24)20-30(45)35(37,38)26-21-39-44(6-2)22-26/h13-14,19,21-24,27,32H,5-12,15-18,20H2,1-4H3,(H,40,47)(H,41,46)/t23-,27-,32+/m0/s1. The number of aromatic nitrogens is 2. The third-order valence-electron chi connectivity index (χ3n) is 9.88. The molecule has 0 unspecified atom stereocenters. The van der Waals surface area contributed by atoms with Gasteiger partial charge in [-0.25, -0.2) is 4.39 Å². The van der Waals surface area contributed by atoms with Gasteiger partial charge in [-0.15, -0.1) is 0 Å². The van der Waals surface area contributed by atoms with Crippen molar-refractivity contribution in [3.05, 3.63) is 47.5 Å². The maximum atomic E-state index is 15.6. The number of Topliss-reactive ketones (excluding diaryl/α,β-unsaturated/α-hetero) is 1. The maximum absolute atomic E-state index is 15.6. The van der Waals surface area contributed by atoms with Gasteiger partial charge in [0.05, 0.1) is 17.4 Å². The summed E-state index contributed by atoms with van der Waals surface area (Å²) in [6.45, 7) is 7.95. The van der Waals surface area contributed by atoms with Crippen molar-refractivity contribution in [2.75, 3.05) is 38.5 Å². The molecule has 1 aromatic carbocycles. The number of amides is 3. The normalized spacial score (nSPS) is 18.4. The molecular formula is C35H49F3N6O4. The number of rotatable bonds is 13. The van der Waals surface area contributed by atoms with Crippen LogP contribution in [0.2, 0.25) is 0 Å². The molecule has 2 fully saturated rings. The molecule has 10 nitrogen and oxygen atoms in total. The number of hydrogen-bond acceptors (Lipinski definition) is 6. The zero-order valence-electron chi connectivity index (χ0n) is 28.4. The molecule has 1 aliphatic heterocycles. The van der Waals surface area contributed by atoms with E-state index >= 15 is 13.2 Å². The minimum absolute atomic E-state index is 0.155. The molecule has 4 rings (SSSR count). The Morgan fingerprint density at radius 3 is 2.27 bits per heavy atom. The summed E-state index contributed by atoms with van der Waals surface area (Å²) in [5.74, 6) is -9.19. The second kappa shape index (κ2) is 16.6. The number of nitrogens with zero attached hydrogens (tertiary/aromatic N) is 4. The summed E-state index contributed by atoms with van der Waals surface area (Å²) in [4.78, 5) is 56.5. The number of likely N-dealkylation sites (N-methyl/N-ethyl adjacent to an activating group) is 1. The lowest BCUT2D eigenvalue weighted by Gasteiger charge is -2.36. The smallest absolute Gasteiger partial charge is 0.333 e. The first-order valence-electron chi connectivity index (χ1n) is 17.2. The van der Waals surface area contributed by atoms with Crippen LogP contribution in [0.25, 0.3) is 0 Å². The van der Waals surface area contributed by atoms with Gasteiger partial charge in [-0.2, -0.15) is 13.9 Å². The summed E-state index contributed by atoms with van der Waals surface area (Å²) >= 11 is 0. The Bertz CT molecular complexity index is 1430. The summed E-state index contributed by atoms with van der Waals surface area (Å²) in [6, 6.07) is 3.25. The molecule has 3 atom stereocenters. The van der Waals surface area contributed by atoms with E-state index in [9.17, 15) is 19.2 Å². The van der Waals surface area contributed by atoms with Crippen molar-refractivity contribution in [1.29, 1.82) is 0 Å². The Labute approximate surface area is 280 Å². The van der Waals surface area contributed by atoms with E-state index in [4.69, 9.17) is 0 Å². The summed E-state index contributed by atoms with van der Waals surface area (Å²) in [6.07, 6.45) is 6.34. The number of anilines is 1. The minimum atomic E-state index is -3.83. The van der Waals surface area contributed by atoms with Crippen LogP contribution in [0, 0.1) is 17.7 Å². The van der Waals surface area contributed by atoms with Crippen molar-refractivity contribution < 1.29 is 32.3 Å². The number of ketones is 1. The molecule has 1 saturated carbocycles. The molecule has 48 heavy (non-hydrogen) atoms.